The fraction of sp³-hybridized carbons (Fsp3) is 0.0545. The van der Waals surface area contributed by atoms with Gasteiger partial charge in [0.15, 0.2) is 0 Å². The number of fused-ring (bicyclic) bond motifs is 7. The average Bonchev–Trinajstić information content (AvgIpc) is 3.75. The first-order valence-corrected chi connectivity index (χ1v) is 19.7. The van der Waals surface area contributed by atoms with Crippen molar-refractivity contribution in [3.63, 3.8) is 0 Å². The summed E-state index contributed by atoms with van der Waals surface area (Å²) in [6, 6.07) is 72.7. The first-order valence-electron chi connectivity index (χ1n) is 19.7. The molecule has 0 fully saturated rings. The molecule has 11 rings (SSSR count). The topological polar surface area (TPSA) is 16.4 Å². The quantitative estimate of drug-likeness (QED) is 0.169. The van der Waals surface area contributed by atoms with Crippen LogP contribution in [-0.4, -0.2) is 0 Å². The molecule has 0 saturated carbocycles. The van der Waals surface area contributed by atoms with Crippen LogP contribution in [0.3, 0.4) is 0 Å². The summed E-state index contributed by atoms with van der Waals surface area (Å²) >= 11 is 0. The van der Waals surface area contributed by atoms with E-state index in [1.165, 1.54) is 55.3 Å². The molecule has 57 heavy (non-hydrogen) atoms. The van der Waals surface area contributed by atoms with Crippen molar-refractivity contribution in [2.24, 2.45) is 0 Å². The van der Waals surface area contributed by atoms with Gasteiger partial charge in [-0.3, -0.25) is 0 Å². The van der Waals surface area contributed by atoms with Crippen LogP contribution in [0.25, 0.3) is 77.2 Å². The van der Waals surface area contributed by atoms with E-state index in [1.807, 2.05) is 6.07 Å². The van der Waals surface area contributed by atoms with Gasteiger partial charge in [0.05, 0.1) is 0 Å². The number of hydrogen-bond acceptors (Lipinski definition) is 2. The second-order valence-electron chi connectivity index (χ2n) is 15.7. The van der Waals surface area contributed by atoms with Crippen LogP contribution in [-0.2, 0) is 5.41 Å². The van der Waals surface area contributed by atoms with Gasteiger partial charge in [-0.05, 0) is 127 Å². The lowest BCUT2D eigenvalue weighted by Gasteiger charge is -2.28. The van der Waals surface area contributed by atoms with Crippen LogP contribution in [0.15, 0.2) is 205 Å². The summed E-state index contributed by atoms with van der Waals surface area (Å²) in [5.41, 5.74) is 17.4. The van der Waals surface area contributed by atoms with E-state index in [0.717, 1.165) is 50.1 Å². The molecule has 2 nitrogen and oxygen atoms in total. The second kappa shape index (κ2) is 13.0. The summed E-state index contributed by atoms with van der Waals surface area (Å²) in [6.07, 6.45) is 0. The lowest BCUT2D eigenvalue weighted by Crippen LogP contribution is -2.16. The molecule has 2 heteroatoms. The monoisotopic (exact) mass is 729 g/mol. The Morgan fingerprint density at radius 3 is 1.75 bits per heavy atom. The lowest BCUT2D eigenvalue weighted by molar-refractivity contribution is 0.660. The van der Waals surface area contributed by atoms with Gasteiger partial charge in [-0.1, -0.05) is 153 Å². The van der Waals surface area contributed by atoms with E-state index in [-0.39, 0.29) is 5.41 Å². The van der Waals surface area contributed by atoms with Crippen LogP contribution < -0.4 is 4.90 Å². The van der Waals surface area contributed by atoms with Gasteiger partial charge in [-0.15, -0.1) is 0 Å². The van der Waals surface area contributed by atoms with Gasteiger partial charge in [0.1, 0.15) is 11.2 Å². The maximum atomic E-state index is 6.46. The van der Waals surface area contributed by atoms with E-state index in [0.29, 0.717) is 0 Å². The highest BCUT2D eigenvalue weighted by Crippen LogP contribution is 2.51. The molecule has 1 aliphatic rings. The van der Waals surface area contributed by atoms with Crippen LogP contribution in [0.5, 0.6) is 0 Å². The molecular formula is C55H39NO. The van der Waals surface area contributed by atoms with Crippen LogP contribution in [0, 0.1) is 0 Å². The van der Waals surface area contributed by atoms with Crippen LogP contribution >= 0.6 is 0 Å². The molecule has 0 atom stereocenters. The fourth-order valence-corrected chi connectivity index (χ4v) is 9.11. The van der Waals surface area contributed by atoms with Crippen molar-refractivity contribution in [1.82, 2.24) is 0 Å². The third kappa shape index (κ3) is 5.48. The number of benzene rings is 9. The second-order valence-corrected chi connectivity index (χ2v) is 15.7. The van der Waals surface area contributed by atoms with Crippen molar-refractivity contribution >= 4 is 49.8 Å². The maximum absolute atomic E-state index is 6.46. The van der Waals surface area contributed by atoms with Crippen molar-refractivity contribution in [2.75, 3.05) is 4.90 Å². The Bertz CT molecular complexity index is 3130. The summed E-state index contributed by atoms with van der Waals surface area (Å²) in [6.45, 7) is 4.70. The molecule has 1 heterocycles. The summed E-state index contributed by atoms with van der Waals surface area (Å²) in [7, 11) is 0. The molecule has 0 radical (unpaired) electrons. The molecule has 1 aromatic heterocycles. The highest BCUT2D eigenvalue weighted by Gasteiger charge is 2.35. The summed E-state index contributed by atoms with van der Waals surface area (Å²) < 4.78 is 6.46. The van der Waals surface area contributed by atoms with Gasteiger partial charge in [0.2, 0.25) is 0 Å². The normalized spacial score (nSPS) is 12.9. The first-order chi connectivity index (χ1) is 28.0. The van der Waals surface area contributed by atoms with Gasteiger partial charge in [-0.25, -0.2) is 0 Å². The highest BCUT2D eigenvalue weighted by molar-refractivity contribution is 6.09. The van der Waals surface area contributed by atoms with E-state index >= 15 is 0 Å². The summed E-state index contributed by atoms with van der Waals surface area (Å²) in [4.78, 5) is 2.39. The largest absolute Gasteiger partial charge is 0.456 e. The minimum atomic E-state index is -0.108. The summed E-state index contributed by atoms with van der Waals surface area (Å²) in [5, 5.41) is 4.72. The summed E-state index contributed by atoms with van der Waals surface area (Å²) in [5.74, 6) is 0. The van der Waals surface area contributed by atoms with Crippen molar-refractivity contribution in [3.8, 4) is 44.5 Å². The van der Waals surface area contributed by atoms with Gasteiger partial charge in [0.25, 0.3) is 0 Å². The van der Waals surface area contributed by atoms with Gasteiger partial charge in [0, 0.05) is 33.2 Å². The molecule has 10 aromatic rings. The predicted molar refractivity (Wildman–Crippen MR) is 240 cm³/mol. The smallest absolute Gasteiger partial charge is 0.136 e. The van der Waals surface area contributed by atoms with Crippen LogP contribution in [0.2, 0.25) is 0 Å². The van der Waals surface area contributed by atoms with E-state index in [4.69, 9.17) is 4.42 Å². The van der Waals surface area contributed by atoms with Crippen LogP contribution in [0.1, 0.15) is 25.0 Å². The molecule has 0 unspecified atom stereocenters. The molecule has 0 saturated heterocycles. The number of anilines is 3. The number of rotatable bonds is 6. The van der Waals surface area contributed by atoms with Gasteiger partial charge < -0.3 is 9.32 Å². The lowest BCUT2D eigenvalue weighted by atomic mass is 9.82. The molecule has 0 aliphatic heterocycles. The van der Waals surface area contributed by atoms with Gasteiger partial charge >= 0.3 is 0 Å². The third-order valence-corrected chi connectivity index (χ3v) is 12.1. The average molecular weight is 730 g/mol. The van der Waals surface area contributed by atoms with E-state index in [2.05, 4.69) is 213 Å². The molecule has 270 valence electrons. The first kappa shape index (κ1) is 33.2. The Labute approximate surface area is 332 Å². The van der Waals surface area contributed by atoms with Crippen molar-refractivity contribution in [2.45, 2.75) is 19.3 Å². The van der Waals surface area contributed by atoms with Crippen molar-refractivity contribution in [3.05, 3.63) is 211 Å². The molecule has 0 N–H and O–H groups in total. The molecular weight excluding hydrogens is 691 g/mol. The maximum Gasteiger partial charge on any atom is 0.136 e. The zero-order chi connectivity index (χ0) is 38.1. The van der Waals surface area contributed by atoms with Gasteiger partial charge in [-0.2, -0.15) is 0 Å². The molecule has 0 bridgehead atoms. The zero-order valence-corrected chi connectivity index (χ0v) is 31.9. The standard InChI is InChI=1S/C55H39NO/c1-55(2)51-18-10-8-16-45(51)46-31-30-44(33-52(46)55)56(42-26-22-38(23-27-42)36-12-4-3-5-13-36)43-28-24-39(25-29-43)49-35-54-50(47-17-9-11-19-53(47)57-54)34-48(49)41-21-20-37-14-6-7-15-40(37)32-41/h3-35H,1-2H3. The van der Waals surface area contributed by atoms with E-state index < -0.39 is 0 Å². The Balaban J connectivity index is 1.06. The third-order valence-electron chi connectivity index (χ3n) is 12.1. The van der Waals surface area contributed by atoms with E-state index in [1.54, 1.807) is 0 Å². The zero-order valence-electron chi connectivity index (χ0n) is 31.9. The molecule has 0 spiro atoms. The number of para-hydroxylation sites is 1. The van der Waals surface area contributed by atoms with Crippen molar-refractivity contribution < 1.29 is 4.42 Å². The molecule has 0 amide bonds. The van der Waals surface area contributed by atoms with Crippen molar-refractivity contribution in [1.29, 1.82) is 0 Å². The number of hydrogen-bond donors (Lipinski definition) is 0. The van der Waals surface area contributed by atoms with E-state index in [9.17, 15) is 0 Å². The molecule has 1 aliphatic carbocycles. The minimum absolute atomic E-state index is 0.108. The van der Waals surface area contributed by atoms with Crippen LogP contribution in [0.4, 0.5) is 17.1 Å². The Hall–Kier alpha value is -7.16. The Kier molecular flexibility index (Phi) is 7.55. The molecule has 9 aromatic carbocycles. The Morgan fingerprint density at radius 2 is 0.947 bits per heavy atom. The predicted octanol–water partition coefficient (Wildman–Crippen LogP) is 15.5. The minimum Gasteiger partial charge on any atom is -0.456 e. The Morgan fingerprint density at radius 1 is 0.351 bits per heavy atom. The SMILES string of the molecule is CC1(C)c2ccccc2-c2ccc(N(c3ccc(-c4ccccc4)cc3)c3ccc(-c4cc5oc6ccccc6c5cc4-c4ccc5ccccc5c4)cc3)cc21. The fourth-order valence-electron chi connectivity index (χ4n) is 9.11. The highest BCUT2D eigenvalue weighted by atomic mass is 16.3. The number of nitrogens with zero attached hydrogens (tertiary/aromatic N) is 1. The number of furan rings is 1.